The maximum absolute atomic E-state index is 13.8. The lowest BCUT2D eigenvalue weighted by molar-refractivity contribution is -0.139. The van der Waals surface area contributed by atoms with E-state index in [9.17, 15) is 24.6 Å². The van der Waals surface area contributed by atoms with Crippen LogP contribution in [-0.4, -0.2) is 65.7 Å². The molecule has 2 saturated heterocycles. The molecule has 2 aromatic carbocycles. The summed E-state index contributed by atoms with van der Waals surface area (Å²) in [4.78, 5) is 43.3. The zero-order valence-corrected chi connectivity index (χ0v) is 22.4. The van der Waals surface area contributed by atoms with E-state index in [2.05, 4.69) is 0 Å². The maximum atomic E-state index is 13.8. The minimum Gasteiger partial charge on any atom is -0.497 e. The third kappa shape index (κ3) is 4.81. The number of amides is 3. The summed E-state index contributed by atoms with van der Waals surface area (Å²) < 4.78 is 5.39. The van der Waals surface area contributed by atoms with Crippen LogP contribution >= 0.6 is 0 Å². The van der Waals surface area contributed by atoms with Crippen molar-refractivity contribution < 1.29 is 29.3 Å². The minimum atomic E-state index is -1.84. The van der Waals surface area contributed by atoms with Crippen molar-refractivity contribution in [1.29, 1.82) is 0 Å². The molecule has 0 saturated carbocycles. The number of anilines is 2. The quantitative estimate of drug-likeness (QED) is 0.379. The van der Waals surface area contributed by atoms with Crippen molar-refractivity contribution in [3.63, 3.8) is 0 Å². The fraction of sp³-hybridized carbons (Fsp3) is 0.433. The lowest BCUT2D eigenvalue weighted by Gasteiger charge is -2.31. The highest BCUT2D eigenvalue weighted by Gasteiger charge is 2.52. The molecule has 0 aromatic heterocycles. The molecule has 3 atom stereocenters. The molecular weight excluding hydrogens is 498 g/mol. The fourth-order valence-corrected chi connectivity index (χ4v) is 5.75. The van der Waals surface area contributed by atoms with Crippen molar-refractivity contribution >= 4 is 29.1 Å². The molecule has 0 unspecified atom stereocenters. The number of aliphatic hydroxyl groups is 2. The first-order valence-corrected chi connectivity index (χ1v) is 13.5. The van der Waals surface area contributed by atoms with E-state index in [0.29, 0.717) is 36.5 Å². The molecule has 3 amide bonds. The monoisotopic (exact) mass is 533 g/mol. The molecule has 9 heteroatoms. The van der Waals surface area contributed by atoms with Crippen LogP contribution in [0.25, 0.3) is 0 Å². The Morgan fingerprint density at radius 2 is 1.95 bits per heavy atom. The first-order chi connectivity index (χ1) is 18.8. The average molecular weight is 534 g/mol. The minimum absolute atomic E-state index is 0.0479. The van der Waals surface area contributed by atoms with Crippen molar-refractivity contribution in [1.82, 2.24) is 4.90 Å². The molecule has 2 N–H and O–H groups in total. The number of benzene rings is 2. The second-order valence-corrected chi connectivity index (χ2v) is 10.5. The van der Waals surface area contributed by atoms with Crippen LogP contribution in [0.3, 0.4) is 0 Å². The second kappa shape index (κ2) is 10.8. The van der Waals surface area contributed by atoms with E-state index in [4.69, 9.17) is 4.74 Å². The van der Waals surface area contributed by atoms with Crippen molar-refractivity contribution in [3.05, 3.63) is 65.7 Å². The normalized spacial score (nSPS) is 23.4. The lowest BCUT2D eigenvalue weighted by atomic mass is 9.83. The number of aliphatic hydroxyl groups excluding tert-OH is 1. The van der Waals surface area contributed by atoms with Gasteiger partial charge in [-0.1, -0.05) is 31.2 Å². The SMILES string of the molecule is COc1ccc2c(c1)[C@](O)([C@@H](C)/C=C/CC(=O)N1CCC[C@H]1CO)C(=O)N2Cc1ccc(N2CCC2=O)cc1. The van der Waals surface area contributed by atoms with E-state index in [-0.39, 0.29) is 37.4 Å². The predicted molar refractivity (Wildman–Crippen MR) is 146 cm³/mol. The van der Waals surface area contributed by atoms with Gasteiger partial charge in [0.15, 0.2) is 5.60 Å². The van der Waals surface area contributed by atoms with Crippen LogP contribution < -0.4 is 14.5 Å². The van der Waals surface area contributed by atoms with Gasteiger partial charge in [0.1, 0.15) is 5.75 Å². The van der Waals surface area contributed by atoms with Crippen LogP contribution in [0, 0.1) is 5.92 Å². The van der Waals surface area contributed by atoms with Crippen molar-refractivity contribution in [3.8, 4) is 5.75 Å². The predicted octanol–water partition coefficient (Wildman–Crippen LogP) is 2.73. The second-order valence-electron chi connectivity index (χ2n) is 10.5. The zero-order valence-electron chi connectivity index (χ0n) is 22.4. The number of rotatable bonds is 9. The molecule has 0 aliphatic carbocycles. The smallest absolute Gasteiger partial charge is 0.264 e. The van der Waals surface area contributed by atoms with Crippen molar-refractivity contribution in [2.45, 2.75) is 50.8 Å². The molecule has 9 nitrogen and oxygen atoms in total. The Labute approximate surface area is 228 Å². The number of carbonyl (C=O) groups excluding carboxylic acids is 3. The van der Waals surface area contributed by atoms with E-state index >= 15 is 0 Å². The molecule has 39 heavy (non-hydrogen) atoms. The molecule has 2 aromatic rings. The van der Waals surface area contributed by atoms with Crippen LogP contribution in [0.1, 0.15) is 43.7 Å². The molecule has 3 aliphatic rings. The highest BCUT2D eigenvalue weighted by Crippen LogP contribution is 2.47. The van der Waals surface area contributed by atoms with Crippen molar-refractivity contribution in [2.24, 2.45) is 5.92 Å². The number of nitrogens with zero attached hydrogens (tertiary/aromatic N) is 3. The molecule has 206 valence electrons. The van der Waals surface area contributed by atoms with Gasteiger partial charge in [0, 0.05) is 43.1 Å². The Balaban J connectivity index is 1.36. The van der Waals surface area contributed by atoms with Crippen LogP contribution in [0.15, 0.2) is 54.6 Å². The van der Waals surface area contributed by atoms with Gasteiger partial charge in [-0.25, -0.2) is 0 Å². The summed E-state index contributed by atoms with van der Waals surface area (Å²) in [5.74, 6) is -0.521. The van der Waals surface area contributed by atoms with E-state index < -0.39 is 17.4 Å². The van der Waals surface area contributed by atoms with Gasteiger partial charge in [-0.15, -0.1) is 0 Å². The molecule has 3 aliphatic heterocycles. The standard InChI is InChI=1S/C30H35N3O6/c1-20(5-3-7-27(35)31-15-4-6-23(31)19-34)30(38)25-17-24(39-2)12-13-26(25)33(29(30)37)18-21-8-10-22(11-9-21)32-16-14-28(32)36/h3,5,8-13,17,20,23,34,38H,4,6-7,14-16,18-19H2,1-2H3/b5-3+/t20-,23-,30+/m0/s1. The van der Waals surface area contributed by atoms with Gasteiger partial charge in [-0.2, -0.15) is 0 Å². The maximum Gasteiger partial charge on any atom is 0.264 e. The number of likely N-dealkylation sites (tertiary alicyclic amines) is 1. The summed E-state index contributed by atoms with van der Waals surface area (Å²) >= 11 is 0. The van der Waals surface area contributed by atoms with E-state index in [1.54, 1.807) is 52.0 Å². The van der Waals surface area contributed by atoms with Gasteiger partial charge in [0.05, 0.1) is 32.0 Å². The molecule has 3 heterocycles. The number of methoxy groups -OCH3 is 1. The summed E-state index contributed by atoms with van der Waals surface area (Å²) in [5.41, 5.74) is 0.915. The molecule has 0 radical (unpaired) electrons. The van der Waals surface area contributed by atoms with Gasteiger partial charge < -0.3 is 29.6 Å². The van der Waals surface area contributed by atoms with Gasteiger partial charge in [-0.05, 0) is 48.7 Å². The molecule has 0 spiro atoms. The average Bonchev–Trinajstić information content (AvgIpc) is 3.51. The molecule has 5 rings (SSSR count). The topological polar surface area (TPSA) is 111 Å². The van der Waals surface area contributed by atoms with E-state index in [1.807, 2.05) is 24.3 Å². The summed E-state index contributed by atoms with van der Waals surface area (Å²) in [7, 11) is 1.53. The Kier molecular flexibility index (Phi) is 7.46. The van der Waals surface area contributed by atoms with E-state index in [1.165, 1.54) is 7.11 Å². The number of fused-ring (bicyclic) bond motifs is 1. The zero-order chi connectivity index (χ0) is 27.7. The number of β-lactam (4-membered cyclic amide) rings is 1. The molecular formula is C30H35N3O6. The van der Waals surface area contributed by atoms with Crippen LogP contribution in [0.5, 0.6) is 5.75 Å². The third-order valence-electron chi connectivity index (χ3n) is 8.20. The van der Waals surface area contributed by atoms with Crippen molar-refractivity contribution in [2.75, 3.05) is 36.6 Å². The Morgan fingerprint density at radius 1 is 1.18 bits per heavy atom. The first kappa shape index (κ1) is 26.9. The Hall–Kier alpha value is -3.69. The van der Waals surface area contributed by atoms with Gasteiger partial charge in [-0.3, -0.25) is 14.4 Å². The van der Waals surface area contributed by atoms with Gasteiger partial charge in [0.25, 0.3) is 5.91 Å². The van der Waals surface area contributed by atoms with Crippen LogP contribution in [0.4, 0.5) is 11.4 Å². The number of hydrogen-bond acceptors (Lipinski definition) is 6. The first-order valence-electron chi connectivity index (χ1n) is 13.5. The number of hydrogen-bond donors (Lipinski definition) is 2. The van der Waals surface area contributed by atoms with E-state index in [0.717, 1.165) is 24.1 Å². The third-order valence-corrected chi connectivity index (χ3v) is 8.20. The number of ether oxygens (including phenoxy) is 1. The van der Waals surface area contributed by atoms with Gasteiger partial charge in [0.2, 0.25) is 11.8 Å². The molecule has 0 bridgehead atoms. The summed E-state index contributed by atoms with van der Waals surface area (Å²) in [5, 5.41) is 21.4. The molecule has 2 fully saturated rings. The lowest BCUT2D eigenvalue weighted by Crippen LogP contribution is -2.44. The highest BCUT2D eigenvalue weighted by molar-refractivity contribution is 6.07. The summed E-state index contributed by atoms with van der Waals surface area (Å²) in [6.07, 6.45) is 5.77. The Morgan fingerprint density at radius 3 is 2.59 bits per heavy atom. The largest absolute Gasteiger partial charge is 0.497 e. The van der Waals surface area contributed by atoms with Crippen LogP contribution in [-0.2, 0) is 26.5 Å². The Bertz CT molecular complexity index is 1290. The summed E-state index contributed by atoms with van der Waals surface area (Å²) in [6, 6.07) is 12.6. The fourth-order valence-electron chi connectivity index (χ4n) is 5.75. The highest BCUT2D eigenvalue weighted by atomic mass is 16.5. The van der Waals surface area contributed by atoms with Gasteiger partial charge >= 0.3 is 0 Å². The van der Waals surface area contributed by atoms with Crippen LogP contribution in [0.2, 0.25) is 0 Å². The number of carbonyl (C=O) groups is 3. The summed E-state index contributed by atoms with van der Waals surface area (Å²) in [6.45, 7) is 3.31.